The Bertz CT molecular complexity index is 598. The predicted molar refractivity (Wildman–Crippen MR) is 61.5 cm³/mol. The van der Waals surface area contributed by atoms with E-state index >= 15 is 0 Å². The molecule has 4 N–H and O–H groups in total. The van der Waals surface area contributed by atoms with Crippen molar-refractivity contribution in [1.82, 2.24) is 9.38 Å². The lowest BCUT2D eigenvalue weighted by Gasteiger charge is -1.97. The van der Waals surface area contributed by atoms with Gasteiger partial charge in [-0.05, 0) is 30.3 Å². The summed E-state index contributed by atoms with van der Waals surface area (Å²) in [5.74, 6) is 0. The van der Waals surface area contributed by atoms with Crippen LogP contribution in [-0.4, -0.2) is 9.38 Å². The van der Waals surface area contributed by atoms with Crippen LogP contribution in [0.2, 0.25) is 0 Å². The van der Waals surface area contributed by atoms with E-state index in [2.05, 4.69) is 4.98 Å². The van der Waals surface area contributed by atoms with Gasteiger partial charge in [0.05, 0.1) is 11.0 Å². The van der Waals surface area contributed by atoms with E-state index in [0.717, 1.165) is 22.4 Å². The third kappa shape index (κ3) is 1.11. The number of nitrogen functional groups attached to an aromatic ring is 2. The van der Waals surface area contributed by atoms with Gasteiger partial charge in [-0.3, -0.25) is 4.40 Å². The molecule has 0 spiro atoms. The van der Waals surface area contributed by atoms with Gasteiger partial charge in [-0.15, -0.1) is 0 Å². The van der Waals surface area contributed by atoms with Gasteiger partial charge in [0.15, 0.2) is 0 Å². The highest BCUT2D eigenvalue weighted by Crippen LogP contribution is 2.20. The highest BCUT2D eigenvalue weighted by atomic mass is 15.0. The molecule has 74 valence electrons. The predicted octanol–water partition coefficient (Wildman–Crippen LogP) is 1.65. The van der Waals surface area contributed by atoms with Crippen molar-refractivity contribution >= 4 is 28.1 Å². The number of hydrogen-bond donors (Lipinski definition) is 2. The minimum absolute atomic E-state index is 0.712. The molecule has 4 nitrogen and oxygen atoms in total. The lowest BCUT2D eigenvalue weighted by molar-refractivity contribution is 1.23. The smallest absolute Gasteiger partial charge is 0.138 e. The molecule has 15 heavy (non-hydrogen) atoms. The molecule has 0 aliphatic carbocycles. The highest BCUT2D eigenvalue weighted by Gasteiger charge is 2.03. The fraction of sp³-hybridized carbons (Fsp3) is 0. The Balaban J connectivity index is 2.55. The minimum atomic E-state index is 0.712. The van der Waals surface area contributed by atoms with Crippen molar-refractivity contribution in [3.05, 3.63) is 36.5 Å². The van der Waals surface area contributed by atoms with Gasteiger partial charge in [0.2, 0.25) is 0 Å². The van der Waals surface area contributed by atoms with Crippen molar-refractivity contribution < 1.29 is 0 Å². The van der Waals surface area contributed by atoms with E-state index in [1.165, 1.54) is 0 Å². The molecule has 0 aliphatic heterocycles. The first-order valence-corrected chi connectivity index (χ1v) is 4.67. The van der Waals surface area contributed by atoms with Gasteiger partial charge in [-0.1, -0.05) is 0 Å². The van der Waals surface area contributed by atoms with Gasteiger partial charge >= 0.3 is 0 Å². The molecule has 0 amide bonds. The third-order valence-corrected chi connectivity index (χ3v) is 2.44. The summed E-state index contributed by atoms with van der Waals surface area (Å²) in [6.07, 6.45) is 1.85. The van der Waals surface area contributed by atoms with Gasteiger partial charge in [0.1, 0.15) is 5.65 Å². The maximum absolute atomic E-state index is 5.74. The fourth-order valence-corrected chi connectivity index (χ4v) is 1.74. The summed E-state index contributed by atoms with van der Waals surface area (Å²) in [5, 5.41) is 0. The summed E-state index contributed by atoms with van der Waals surface area (Å²) in [6.45, 7) is 0. The molecule has 0 bridgehead atoms. The lowest BCUT2D eigenvalue weighted by atomic mass is 10.3. The first kappa shape index (κ1) is 8.11. The van der Waals surface area contributed by atoms with Crippen molar-refractivity contribution in [1.29, 1.82) is 0 Å². The van der Waals surface area contributed by atoms with Crippen LogP contribution in [0.25, 0.3) is 16.7 Å². The summed E-state index contributed by atoms with van der Waals surface area (Å²) in [4.78, 5) is 4.45. The summed E-state index contributed by atoms with van der Waals surface area (Å²) in [7, 11) is 0. The van der Waals surface area contributed by atoms with Crippen molar-refractivity contribution in [2.75, 3.05) is 11.5 Å². The van der Waals surface area contributed by atoms with Crippen molar-refractivity contribution in [3.63, 3.8) is 0 Å². The van der Waals surface area contributed by atoms with Crippen LogP contribution in [0.1, 0.15) is 0 Å². The summed E-state index contributed by atoms with van der Waals surface area (Å²) >= 11 is 0. The lowest BCUT2D eigenvalue weighted by Crippen LogP contribution is -1.90. The number of pyridine rings is 1. The molecule has 0 unspecified atom stereocenters. The Morgan fingerprint density at radius 3 is 2.67 bits per heavy atom. The van der Waals surface area contributed by atoms with Crippen LogP contribution < -0.4 is 11.5 Å². The van der Waals surface area contributed by atoms with Crippen LogP contribution in [0.15, 0.2) is 36.5 Å². The number of aromatic nitrogens is 2. The van der Waals surface area contributed by atoms with E-state index in [1.807, 2.05) is 40.9 Å². The number of hydrogen-bond acceptors (Lipinski definition) is 3. The van der Waals surface area contributed by atoms with Crippen LogP contribution in [0, 0.1) is 0 Å². The summed E-state index contributed by atoms with van der Waals surface area (Å²) < 4.78 is 1.95. The Morgan fingerprint density at radius 2 is 1.80 bits per heavy atom. The van der Waals surface area contributed by atoms with Crippen molar-refractivity contribution in [2.24, 2.45) is 0 Å². The minimum Gasteiger partial charge on any atom is -0.399 e. The molecule has 2 heterocycles. The first-order valence-electron chi connectivity index (χ1n) is 4.67. The topological polar surface area (TPSA) is 69.3 Å². The molecule has 4 heteroatoms. The maximum Gasteiger partial charge on any atom is 0.138 e. The highest BCUT2D eigenvalue weighted by molar-refractivity contribution is 5.83. The molecule has 0 fully saturated rings. The van der Waals surface area contributed by atoms with E-state index in [9.17, 15) is 0 Å². The number of imidazole rings is 1. The van der Waals surface area contributed by atoms with E-state index in [0.29, 0.717) is 5.69 Å². The molecule has 0 radical (unpaired) electrons. The molecule has 0 atom stereocenters. The Kier molecular flexibility index (Phi) is 1.42. The fourth-order valence-electron chi connectivity index (χ4n) is 1.74. The summed E-state index contributed by atoms with van der Waals surface area (Å²) in [6, 6.07) is 9.39. The molecule has 0 aliphatic rings. The zero-order chi connectivity index (χ0) is 10.4. The Hall–Kier alpha value is -2.23. The first-order chi connectivity index (χ1) is 7.24. The molecular formula is C11H10N4. The summed E-state index contributed by atoms with van der Waals surface area (Å²) in [5.41, 5.74) is 15.7. The van der Waals surface area contributed by atoms with Gasteiger partial charge in [0.25, 0.3) is 0 Å². The normalized spacial score (nSPS) is 11.2. The van der Waals surface area contributed by atoms with Gasteiger partial charge in [-0.2, -0.15) is 0 Å². The number of benzene rings is 1. The van der Waals surface area contributed by atoms with E-state index in [4.69, 9.17) is 11.5 Å². The second-order valence-electron chi connectivity index (χ2n) is 3.55. The van der Waals surface area contributed by atoms with Gasteiger partial charge < -0.3 is 11.5 Å². The molecule has 1 aromatic carbocycles. The average Bonchev–Trinajstić information content (AvgIpc) is 2.56. The zero-order valence-electron chi connectivity index (χ0n) is 8.01. The standard InChI is InChI=1S/C11H10N4/c12-7-1-3-9-10(5-7)15-6-8(13)2-4-11(15)14-9/h1-6H,12-13H2. The number of rotatable bonds is 0. The van der Waals surface area contributed by atoms with E-state index in [1.54, 1.807) is 0 Å². The zero-order valence-corrected chi connectivity index (χ0v) is 8.01. The average molecular weight is 198 g/mol. The number of anilines is 2. The van der Waals surface area contributed by atoms with Crippen LogP contribution in [0.3, 0.4) is 0 Å². The molecule has 3 rings (SSSR count). The SMILES string of the molecule is Nc1ccc2nc3ccc(N)cn3c2c1. The van der Waals surface area contributed by atoms with Crippen LogP contribution in [-0.2, 0) is 0 Å². The molecule has 3 aromatic rings. The molecular weight excluding hydrogens is 188 g/mol. The molecule has 0 saturated carbocycles. The van der Waals surface area contributed by atoms with Gasteiger partial charge in [-0.25, -0.2) is 4.98 Å². The monoisotopic (exact) mass is 198 g/mol. The second kappa shape index (κ2) is 2.63. The van der Waals surface area contributed by atoms with E-state index in [-0.39, 0.29) is 0 Å². The van der Waals surface area contributed by atoms with Crippen LogP contribution in [0.5, 0.6) is 0 Å². The number of nitrogens with two attached hydrogens (primary N) is 2. The number of nitrogens with zero attached hydrogens (tertiary/aromatic N) is 2. The number of fused-ring (bicyclic) bond motifs is 3. The second-order valence-corrected chi connectivity index (χ2v) is 3.55. The Morgan fingerprint density at radius 1 is 1.00 bits per heavy atom. The molecule has 2 aromatic heterocycles. The van der Waals surface area contributed by atoms with Crippen molar-refractivity contribution in [3.8, 4) is 0 Å². The third-order valence-electron chi connectivity index (χ3n) is 2.44. The van der Waals surface area contributed by atoms with Crippen LogP contribution >= 0.6 is 0 Å². The molecule has 0 saturated heterocycles. The van der Waals surface area contributed by atoms with Crippen LogP contribution in [0.4, 0.5) is 11.4 Å². The Labute approximate surface area is 86.1 Å². The largest absolute Gasteiger partial charge is 0.399 e. The van der Waals surface area contributed by atoms with Crippen molar-refractivity contribution in [2.45, 2.75) is 0 Å². The maximum atomic E-state index is 5.74. The van der Waals surface area contributed by atoms with E-state index < -0.39 is 0 Å². The van der Waals surface area contributed by atoms with Gasteiger partial charge in [0, 0.05) is 17.6 Å². The quantitative estimate of drug-likeness (QED) is 0.539.